The quantitative estimate of drug-likeness (QED) is 0.706. The summed E-state index contributed by atoms with van der Waals surface area (Å²) >= 11 is 6.16. The van der Waals surface area contributed by atoms with E-state index in [1.54, 1.807) is 31.4 Å². The van der Waals surface area contributed by atoms with E-state index in [0.29, 0.717) is 16.1 Å². The van der Waals surface area contributed by atoms with E-state index in [0.717, 1.165) is 27.8 Å². The van der Waals surface area contributed by atoms with Crippen molar-refractivity contribution in [2.24, 2.45) is 0 Å². The van der Waals surface area contributed by atoms with E-state index in [1.165, 1.54) is 4.90 Å². The van der Waals surface area contributed by atoms with Crippen LogP contribution < -0.4 is 5.32 Å². The molecule has 0 radical (unpaired) electrons. The van der Waals surface area contributed by atoms with Crippen molar-refractivity contribution in [3.63, 3.8) is 0 Å². The summed E-state index contributed by atoms with van der Waals surface area (Å²) in [5, 5.41) is 4.15. The first-order valence-corrected chi connectivity index (χ1v) is 9.31. The number of hydrogen-bond donors (Lipinski definition) is 1. The number of fused-ring (bicyclic) bond motifs is 1. The molecule has 2 aromatic carbocycles. The van der Waals surface area contributed by atoms with Crippen LogP contribution in [0.2, 0.25) is 5.02 Å². The summed E-state index contributed by atoms with van der Waals surface area (Å²) in [5.74, 6) is -0.566. The Kier molecular flexibility index (Phi) is 5.66. The molecule has 0 aliphatic carbocycles. The van der Waals surface area contributed by atoms with Gasteiger partial charge in [0.25, 0.3) is 5.91 Å². The number of halogens is 1. The molecular formula is C22H22ClN3O2. The van der Waals surface area contributed by atoms with Crippen LogP contribution in [0.1, 0.15) is 27.0 Å². The first-order valence-electron chi connectivity index (χ1n) is 8.93. The minimum Gasteiger partial charge on any atom is -0.332 e. The van der Waals surface area contributed by atoms with Gasteiger partial charge in [-0.1, -0.05) is 35.4 Å². The molecule has 0 aliphatic heterocycles. The highest BCUT2D eigenvalue weighted by molar-refractivity contribution is 6.32. The van der Waals surface area contributed by atoms with E-state index < -0.39 is 0 Å². The van der Waals surface area contributed by atoms with Gasteiger partial charge in [0.05, 0.1) is 17.6 Å². The fraction of sp³-hybridized carbons (Fsp3) is 0.227. The summed E-state index contributed by atoms with van der Waals surface area (Å²) < 4.78 is 0. The van der Waals surface area contributed by atoms with Gasteiger partial charge in [-0.25, -0.2) is 0 Å². The molecule has 0 saturated carbocycles. The SMILES string of the molecule is Cc1cc(C)c(NC(=O)CN(C)C(=O)c2cc(Cl)cc3cccnc23)c(C)c1. The first-order chi connectivity index (χ1) is 13.3. The first kappa shape index (κ1) is 19.8. The maximum atomic E-state index is 12.9. The Hall–Kier alpha value is -2.92. The number of pyridine rings is 1. The molecule has 3 aromatic rings. The fourth-order valence-electron chi connectivity index (χ4n) is 3.37. The Bertz CT molecular complexity index is 1060. The average Bonchev–Trinajstić information content (AvgIpc) is 2.63. The molecule has 1 N–H and O–H groups in total. The zero-order valence-corrected chi connectivity index (χ0v) is 17.1. The van der Waals surface area contributed by atoms with Crippen molar-refractivity contribution in [1.29, 1.82) is 0 Å². The van der Waals surface area contributed by atoms with Gasteiger partial charge in [-0.15, -0.1) is 0 Å². The summed E-state index contributed by atoms with van der Waals surface area (Å²) in [7, 11) is 1.59. The molecule has 28 heavy (non-hydrogen) atoms. The van der Waals surface area contributed by atoms with E-state index >= 15 is 0 Å². The molecule has 5 nitrogen and oxygen atoms in total. The van der Waals surface area contributed by atoms with Crippen molar-refractivity contribution >= 4 is 40.0 Å². The molecular weight excluding hydrogens is 374 g/mol. The van der Waals surface area contributed by atoms with Crippen LogP contribution in [0.15, 0.2) is 42.6 Å². The minimum absolute atomic E-state index is 0.0770. The maximum absolute atomic E-state index is 12.9. The lowest BCUT2D eigenvalue weighted by atomic mass is 10.1. The number of carbonyl (C=O) groups excluding carboxylic acids is 2. The number of rotatable bonds is 4. The average molecular weight is 396 g/mol. The van der Waals surface area contributed by atoms with E-state index in [1.807, 2.05) is 39.0 Å². The molecule has 0 aliphatic rings. The third kappa shape index (κ3) is 4.15. The predicted octanol–water partition coefficient (Wildman–Crippen LogP) is 4.52. The molecule has 3 rings (SSSR count). The van der Waals surface area contributed by atoms with Crippen LogP contribution in [-0.4, -0.2) is 35.3 Å². The molecule has 2 amide bonds. The topological polar surface area (TPSA) is 62.3 Å². The lowest BCUT2D eigenvalue weighted by molar-refractivity contribution is -0.116. The Morgan fingerprint density at radius 3 is 2.46 bits per heavy atom. The van der Waals surface area contributed by atoms with Gasteiger partial charge in [0.15, 0.2) is 0 Å². The van der Waals surface area contributed by atoms with E-state index in [-0.39, 0.29) is 18.4 Å². The zero-order valence-electron chi connectivity index (χ0n) is 16.3. The number of anilines is 1. The highest BCUT2D eigenvalue weighted by Gasteiger charge is 2.19. The number of benzene rings is 2. The van der Waals surface area contributed by atoms with Crippen molar-refractivity contribution in [2.45, 2.75) is 20.8 Å². The van der Waals surface area contributed by atoms with Crippen LogP contribution >= 0.6 is 11.6 Å². The van der Waals surface area contributed by atoms with Crippen LogP contribution in [0.25, 0.3) is 10.9 Å². The molecule has 1 aromatic heterocycles. The second kappa shape index (κ2) is 7.98. The Morgan fingerprint density at radius 2 is 1.79 bits per heavy atom. The molecule has 0 saturated heterocycles. The maximum Gasteiger partial charge on any atom is 0.256 e. The number of carbonyl (C=O) groups is 2. The summed E-state index contributed by atoms with van der Waals surface area (Å²) in [6.07, 6.45) is 1.63. The molecule has 0 unspecified atom stereocenters. The van der Waals surface area contributed by atoms with Gasteiger partial charge in [-0.3, -0.25) is 14.6 Å². The van der Waals surface area contributed by atoms with Gasteiger partial charge < -0.3 is 10.2 Å². The molecule has 0 bridgehead atoms. The highest BCUT2D eigenvalue weighted by Crippen LogP contribution is 2.24. The number of likely N-dealkylation sites (N-methyl/N-ethyl adjacent to an activating group) is 1. The zero-order chi connectivity index (χ0) is 20.4. The predicted molar refractivity (Wildman–Crippen MR) is 113 cm³/mol. The monoisotopic (exact) mass is 395 g/mol. The van der Waals surface area contributed by atoms with Crippen LogP contribution in [0, 0.1) is 20.8 Å². The fourth-order valence-corrected chi connectivity index (χ4v) is 3.59. The molecule has 0 atom stereocenters. The molecule has 1 heterocycles. The minimum atomic E-state index is -0.307. The normalized spacial score (nSPS) is 10.8. The van der Waals surface area contributed by atoms with Gasteiger partial charge in [-0.2, -0.15) is 0 Å². The number of nitrogens with zero attached hydrogens (tertiary/aromatic N) is 2. The van der Waals surface area contributed by atoms with Crippen molar-refractivity contribution in [3.8, 4) is 0 Å². The number of aromatic nitrogens is 1. The van der Waals surface area contributed by atoms with E-state index in [9.17, 15) is 9.59 Å². The number of amides is 2. The van der Waals surface area contributed by atoms with Crippen molar-refractivity contribution < 1.29 is 9.59 Å². The van der Waals surface area contributed by atoms with E-state index in [2.05, 4.69) is 10.3 Å². The van der Waals surface area contributed by atoms with Crippen LogP contribution in [0.3, 0.4) is 0 Å². The van der Waals surface area contributed by atoms with Gasteiger partial charge in [-0.05, 0) is 50.1 Å². The third-order valence-corrected chi connectivity index (χ3v) is 4.79. The van der Waals surface area contributed by atoms with Crippen LogP contribution in [0.5, 0.6) is 0 Å². The van der Waals surface area contributed by atoms with Crippen molar-refractivity contribution in [3.05, 3.63) is 69.9 Å². The second-order valence-corrected chi connectivity index (χ2v) is 7.45. The van der Waals surface area contributed by atoms with Gasteiger partial charge in [0, 0.05) is 29.3 Å². The van der Waals surface area contributed by atoms with Crippen LogP contribution in [-0.2, 0) is 4.79 Å². The van der Waals surface area contributed by atoms with Crippen molar-refractivity contribution in [1.82, 2.24) is 9.88 Å². The molecule has 0 fully saturated rings. The second-order valence-electron chi connectivity index (χ2n) is 7.01. The van der Waals surface area contributed by atoms with Crippen molar-refractivity contribution in [2.75, 3.05) is 18.9 Å². The summed E-state index contributed by atoms with van der Waals surface area (Å²) in [6.45, 7) is 5.84. The Morgan fingerprint density at radius 1 is 1.11 bits per heavy atom. The number of aryl methyl sites for hydroxylation is 3. The summed E-state index contributed by atoms with van der Waals surface area (Å²) in [6, 6.07) is 11.0. The third-order valence-electron chi connectivity index (χ3n) is 4.57. The van der Waals surface area contributed by atoms with Gasteiger partial charge in [0.1, 0.15) is 0 Å². The summed E-state index contributed by atoms with van der Waals surface area (Å²) in [4.78, 5) is 31.1. The smallest absolute Gasteiger partial charge is 0.256 e. The summed E-state index contributed by atoms with van der Waals surface area (Å²) in [5.41, 5.74) is 4.84. The largest absolute Gasteiger partial charge is 0.332 e. The standard InChI is InChI=1S/C22H22ClN3O2/c1-13-8-14(2)20(15(3)9-13)25-19(27)12-26(4)22(28)18-11-17(23)10-16-6-5-7-24-21(16)18/h5-11H,12H2,1-4H3,(H,25,27). The van der Waals surface area contributed by atoms with Gasteiger partial charge >= 0.3 is 0 Å². The molecule has 144 valence electrons. The van der Waals surface area contributed by atoms with Gasteiger partial charge in [0.2, 0.25) is 5.91 Å². The highest BCUT2D eigenvalue weighted by atomic mass is 35.5. The Labute approximate surface area is 169 Å². The molecule has 0 spiro atoms. The molecule has 6 heteroatoms. The Balaban J connectivity index is 1.79. The number of hydrogen-bond acceptors (Lipinski definition) is 3. The lowest BCUT2D eigenvalue weighted by Crippen LogP contribution is -2.35. The lowest BCUT2D eigenvalue weighted by Gasteiger charge is -2.19. The van der Waals surface area contributed by atoms with E-state index in [4.69, 9.17) is 11.6 Å². The number of nitrogens with one attached hydrogen (secondary N) is 1. The van der Waals surface area contributed by atoms with Crippen LogP contribution in [0.4, 0.5) is 5.69 Å².